The largest absolute Gasteiger partial charge is 0.512 e. The highest BCUT2D eigenvalue weighted by Crippen LogP contribution is 2.55. The molecule has 4 aliphatic rings. The maximum absolute atomic E-state index is 10.1. The maximum Gasteiger partial charge on any atom is 0.0926 e. The van der Waals surface area contributed by atoms with Crippen molar-refractivity contribution in [3.8, 4) is 0 Å². The Labute approximate surface area is 219 Å². The molecule has 0 aliphatic heterocycles. The molecule has 0 saturated carbocycles. The van der Waals surface area contributed by atoms with Crippen LogP contribution < -0.4 is 0 Å². The van der Waals surface area contributed by atoms with Crippen LogP contribution in [0.1, 0.15) is 53.4 Å². The van der Waals surface area contributed by atoms with Crippen LogP contribution >= 0.6 is 0 Å². The Morgan fingerprint density at radius 2 is 0.649 bits per heavy atom. The smallest absolute Gasteiger partial charge is 0.0926 e. The van der Waals surface area contributed by atoms with Crippen LogP contribution in [0.4, 0.5) is 0 Å². The van der Waals surface area contributed by atoms with Crippen molar-refractivity contribution in [1.82, 2.24) is 0 Å². The minimum absolute atomic E-state index is 0.317. The molecule has 0 aromatic heterocycles. The highest BCUT2D eigenvalue weighted by atomic mass is 16.3. The quantitative estimate of drug-likeness (QED) is 0.293. The molecule has 37 heavy (non-hydrogen) atoms. The molecule has 0 bridgehead atoms. The van der Waals surface area contributed by atoms with Crippen molar-refractivity contribution in [2.45, 2.75) is 53.4 Å². The van der Waals surface area contributed by atoms with Crippen molar-refractivity contribution < 1.29 is 20.4 Å². The summed E-state index contributed by atoms with van der Waals surface area (Å²) in [4.78, 5) is 0. The third-order valence-corrected chi connectivity index (χ3v) is 7.61. The molecule has 0 aromatic carbocycles. The lowest BCUT2D eigenvalue weighted by atomic mass is 9.59. The summed E-state index contributed by atoms with van der Waals surface area (Å²) in [5.41, 5.74) is 7.26. The molecule has 0 unspecified atom stereocenters. The van der Waals surface area contributed by atoms with Gasteiger partial charge in [0.15, 0.2) is 0 Å². The first kappa shape index (κ1) is 26.2. The molecule has 0 saturated heterocycles. The predicted octanol–water partition coefficient (Wildman–Crippen LogP) is 8.85. The Kier molecular flexibility index (Phi) is 7.49. The standard InChI is InChI=1S/C33H36O4/c1-21(34)25-5-13-29(14-6-25)33(30-15-7-26(8-16-30)22(2)35,31-17-9-27(10-18-31)23(3)36)32-19-11-28(12-20-32)24(4)37/h5,7,9,11,13-20,34-37H,6,8,10,12H2,1-4H3. The third kappa shape index (κ3) is 5.01. The van der Waals surface area contributed by atoms with Crippen LogP contribution in [0.15, 0.2) is 141 Å². The van der Waals surface area contributed by atoms with Gasteiger partial charge in [-0.05, 0) is 98.0 Å². The number of allylic oxidation sites excluding steroid dienone is 24. The van der Waals surface area contributed by atoms with Gasteiger partial charge in [0, 0.05) is 0 Å². The Bertz CT molecular complexity index is 1140. The second-order valence-corrected chi connectivity index (χ2v) is 9.98. The highest BCUT2D eigenvalue weighted by molar-refractivity contribution is 5.67. The minimum atomic E-state index is -0.645. The van der Waals surface area contributed by atoms with Crippen molar-refractivity contribution in [2.75, 3.05) is 0 Å². The van der Waals surface area contributed by atoms with Gasteiger partial charge in [0.1, 0.15) is 0 Å². The van der Waals surface area contributed by atoms with Crippen LogP contribution in [0, 0.1) is 5.41 Å². The van der Waals surface area contributed by atoms with E-state index in [1.807, 2.05) is 24.3 Å². The van der Waals surface area contributed by atoms with E-state index in [1.165, 1.54) is 0 Å². The molecular formula is C33H36O4. The maximum atomic E-state index is 10.1. The van der Waals surface area contributed by atoms with Gasteiger partial charge >= 0.3 is 0 Å². The number of aliphatic hydroxyl groups excluding tert-OH is 4. The fraction of sp³-hybridized carbons (Fsp3) is 0.273. The first-order valence-electron chi connectivity index (χ1n) is 12.7. The van der Waals surface area contributed by atoms with E-state index in [4.69, 9.17) is 0 Å². The average molecular weight is 497 g/mol. The lowest BCUT2D eigenvalue weighted by Gasteiger charge is -2.43. The molecule has 4 heteroatoms. The molecule has 4 N–H and O–H groups in total. The molecule has 0 atom stereocenters. The fourth-order valence-corrected chi connectivity index (χ4v) is 5.37. The van der Waals surface area contributed by atoms with Crippen molar-refractivity contribution in [1.29, 1.82) is 0 Å². The fourth-order valence-electron chi connectivity index (χ4n) is 5.37. The summed E-state index contributed by atoms with van der Waals surface area (Å²) in [6, 6.07) is 0. The topological polar surface area (TPSA) is 80.9 Å². The zero-order chi connectivity index (χ0) is 26.7. The Morgan fingerprint density at radius 1 is 0.432 bits per heavy atom. The van der Waals surface area contributed by atoms with Gasteiger partial charge in [-0.15, -0.1) is 0 Å². The summed E-state index contributed by atoms with van der Waals surface area (Å²) >= 11 is 0. The number of rotatable bonds is 4. The lowest BCUT2D eigenvalue weighted by Crippen LogP contribution is -2.31. The van der Waals surface area contributed by atoms with Gasteiger partial charge in [-0.3, -0.25) is 0 Å². The molecule has 0 radical (unpaired) electrons. The minimum Gasteiger partial charge on any atom is -0.512 e. The summed E-state index contributed by atoms with van der Waals surface area (Å²) in [7, 11) is 0. The average Bonchev–Trinajstić information content (AvgIpc) is 2.90. The summed E-state index contributed by atoms with van der Waals surface area (Å²) in [6.07, 6.45) is 27.5. The van der Waals surface area contributed by atoms with Gasteiger partial charge in [0.25, 0.3) is 0 Å². The molecule has 0 heterocycles. The van der Waals surface area contributed by atoms with E-state index < -0.39 is 5.41 Å². The molecule has 0 aromatic rings. The van der Waals surface area contributed by atoms with Crippen LogP contribution in [0.2, 0.25) is 0 Å². The van der Waals surface area contributed by atoms with Crippen LogP contribution in [0.25, 0.3) is 0 Å². The van der Waals surface area contributed by atoms with Gasteiger partial charge in [0.05, 0.1) is 28.5 Å². The lowest BCUT2D eigenvalue weighted by molar-refractivity contribution is 0.407. The number of hydrogen-bond donors (Lipinski definition) is 4. The van der Waals surface area contributed by atoms with Crippen molar-refractivity contribution in [3.63, 3.8) is 0 Å². The van der Waals surface area contributed by atoms with Crippen LogP contribution in [-0.4, -0.2) is 20.4 Å². The van der Waals surface area contributed by atoms with Crippen LogP contribution in [0.3, 0.4) is 0 Å². The molecule has 0 spiro atoms. The zero-order valence-electron chi connectivity index (χ0n) is 22.0. The van der Waals surface area contributed by atoms with Crippen molar-refractivity contribution in [2.24, 2.45) is 5.41 Å². The SMILES string of the molecule is CC(O)=C1C=CC(C(C2=CCC(=C(C)O)C=C2)(C2=CCC(=C(C)O)C=C2)C2=CCC(=C(C)O)C=C2)=CC1. The number of aliphatic hydroxyl groups is 4. The summed E-state index contributed by atoms with van der Waals surface area (Å²) in [5.74, 6) is 1.27. The molecule has 0 amide bonds. The summed E-state index contributed by atoms with van der Waals surface area (Å²) in [6.45, 7) is 6.83. The van der Waals surface area contributed by atoms with E-state index in [0.717, 1.165) is 44.6 Å². The summed E-state index contributed by atoms with van der Waals surface area (Å²) in [5, 5.41) is 40.4. The molecule has 192 valence electrons. The van der Waals surface area contributed by atoms with E-state index in [-0.39, 0.29) is 0 Å². The summed E-state index contributed by atoms with van der Waals surface area (Å²) < 4.78 is 0. The van der Waals surface area contributed by atoms with Crippen LogP contribution in [-0.2, 0) is 0 Å². The Morgan fingerprint density at radius 3 is 0.784 bits per heavy atom. The predicted molar refractivity (Wildman–Crippen MR) is 151 cm³/mol. The highest BCUT2D eigenvalue weighted by Gasteiger charge is 2.43. The van der Waals surface area contributed by atoms with Gasteiger partial charge < -0.3 is 20.4 Å². The monoisotopic (exact) mass is 496 g/mol. The third-order valence-electron chi connectivity index (χ3n) is 7.61. The Balaban J connectivity index is 1.97. The Hall–Kier alpha value is -3.92. The van der Waals surface area contributed by atoms with E-state index >= 15 is 0 Å². The first-order chi connectivity index (χ1) is 17.6. The molecule has 4 aliphatic carbocycles. The van der Waals surface area contributed by atoms with Crippen LogP contribution in [0.5, 0.6) is 0 Å². The molecule has 4 rings (SSSR count). The van der Waals surface area contributed by atoms with E-state index in [0.29, 0.717) is 48.7 Å². The van der Waals surface area contributed by atoms with Gasteiger partial charge in [-0.25, -0.2) is 0 Å². The van der Waals surface area contributed by atoms with Crippen molar-refractivity contribution in [3.05, 3.63) is 141 Å². The second-order valence-electron chi connectivity index (χ2n) is 9.98. The first-order valence-corrected chi connectivity index (χ1v) is 12.7. The molecular weight excluding hydrogens is 460 g/mol. The number of hydrogen-bond acceptors (Lipinski definition) is 4. The van der Waals surface area contributed by atoms with Gasteiger partial charge in [-0.1, -0.05) is 72.9 Å². The van der Waals surface area contributed by atoms with Crippen molar-refractivity contribution >= 4 is 0 Å². The van der Waals surface area contributed by atoms with Gasteiger partial charge in [0.2, 0.25) is 0 Å². The molecule has 0 fully saturated rings. The van der Waals surface area contributed by atoms with E-state index in [1.54, 1.807) is 27.7 Å². The zero-order valence-corrected chi connectivity index (χ0v) is 22.0. The second kappa shape index (κ2) is 10.6. The van der Waals surface area contributed by atoms with Gasteiger partial charge in [-0.2, -0.15) is 0 Å². The molecule has 4 nitrogen and oxygen atoms in total. The normalized spacial score (nSPS) is 26.5. The van der Waals surface area contributed by atoms with E-state index in [9.17, 15) is 20.4 Å². The van der Waals surface area contributed by atoms with E-state index in [2.05, 4.69) is 48.6 Å².